The molecule has 1 saturated heterocycles. The molecule has 0 N–H and O–H groups in total. The zero-order valence-corrected chi connectivity index (χ0v) is 13.8. The lowest BCUT2D eigenvalue weighted by molar-refractivity contribution is 0.0663. The van der Waals surface area contributed by atoms with Gasteiger partial charge in [-0.1, -0.05) is 30.3 Å². The Labute approximate surface area is 140 Å². The first-order chi connectivity index (χ1) is 11.5. The van der Waals surface area contributed by atoms with E-state index in [0.717, 1.165) is 11.1 Å². The van der Waals surface area contributed by atoms with E-state index >= 15 is 0 Å². The van der Waals surface area contributed by atoms with Crippen molar-refractivity contribution in [2.45, 2.75) is 51.2 Å². The van der Waals surface area contributed by atoms with Crippen molar-refractivity contribution in [1.29, 1.82) is 0 Å². The van der Waals surface area contributed by atoms with E-state index in [-0.39, 0.29) is 29.6 Å². The highest BCUT2D eigenvalue weighted by Gasteiger charge is 2.40. The summed E-state index contributed by atoms with van der Waals surface area (Å²) in [4.78, 5) is 14.7. The highest BCUT2D eigenvalue weighted by molar-refractivity contribution is 5.93. The molecule has 1 amide bonds. The van der Waals surface area contributed by atoms with Crippen molar-refractivity contribution in [3.8, 4) is 0 Å². The van der Waals surface area contributed by atoms with E-state index in [9.17, 15) is 13.6 Å². The Kier molecular flexibility index (Phi) is 4.64. The Hall–Kier alpha value is -2.24. The molecular formula is C18H21F2N3O. The second kappa shape index (κ2) is 6.71. The number of carbonyl (C=O) groups is 1. The fourth-order valence-corrected chi connectivity index (χ4v) is 3.70. The normalized spacial score (nSPS) is 23.9. The quantitative estimate of drug-likeness (QED) is 0.858. The summed E-state index contributed by atoms with van der Waals surface area (Å²) < 4.78 is 26.4. The van der Waals surface area contributed by atoms with Crippen molar-refractivity contribution in [1.82, 2.24) is 14.7 Å². The highest BCUT2D eigenvalue weighted by atomic mass is 19.3. The lowest BCUT2D eigenvalue weighted by Gasteiger charge is -2.28. The van der Waals surface area contributed by atoms with Crippen molar-refractivity contribution in [2.75, 3.05) is 0 Å². The van der Waals surface area contributed by atoms with E-state index in [2.05, 4.69) is 17.2 Å². The lowest BCUT2D eigenvalue weighted by Crippen LogP contribution is -2.40. The maximum absolute atomic E-state index is 12.9. The maximum Gasteiger partial charge on any atom is 0.272 e. The van der Waals surface area contributed by atoms with Crippen molar-refractivity contribution >= 4 is 5.91 Å². The van der Waals surface area contributed by atoms with Crippen molar-refractivity contribution in [2.24, 2.45) is 0 Å². The van der Waals surface area contributed by atoms with E-state index in [1.807, 2.05) is 32.0 Å². The topological polar surface area (TPSA) is 38.1 Å². The van der Waals surface area contributed by atoms with Crippen LogP contribution in [0.5, 0.6) is 0 Å². The molecule has 1 aromatic carbocycles. The van der Waals surface area contributed by atoms with Crippen LogP contribution in [0, 0.1) is 0 Å². The number of amides is 1. The third-order valence-electron chi connectivity index (χ3n) is 4.80. The molecule has 1 aliphatic rings. The average molecular weight is 333 g/mol. The van der Waals surface area contributed by atoms with Crippen LogP contribution in [-0.2, 0) is 6.54 Å². The molecule has 0 aliphatic carbocycles. The third-order valence-corrected chi connectivity index (χ3v) is 4.80. The van der Waals surface area contributed by atoms with Crippen LogP contribution >= 0.6 is 0 Å². The Balaban J connectivity index is 1.84. The minimum Gasteiger partial charge on any atom is -0.331 e. The summed E-state index contributed by atoms with van der Waals surface area (Å²) in [6, 6.07) is 11.7. The summed E-state index contributed by atoms with van der Waals surface area (Å²) in [5, 5.41) is 3.87. The van der Waals surface area contributed by atoms with Gasteiger partial charge in [-0.25, -0.2) is 8.78 Å². The molecular weight excluding hydrogens is 312 g/mol. The number of halogens is 2. The number of hydrogen-bond donors (Lipinski definition) is 0. The second-order valence-corrected chi connectivity index (χ2v) is 6.34. The zero-order valence-electron chi connectivity index (χ0n) is 13.8. The van der Waals surface area contributed by atoms with Gasteiger partial charge in [0.1, 0.15) is 12.2 Å². The van der Waals surface area contributed by atoms with Gasteiger partial charge in [0, 0.05) is 24.2 Å². The predicted molar refractivity (Wildman–Crippen MR) is 87.1 cm³/mol. The predicted octanol–water partition coefficient (Wildman–Crippen LogP) is 3.55. The minimum absolute atomic E-state index is 0.00444. The van der Waals surface area contributed by atoms with Gasteiger partial charge in [0.2, 0.25) is 0 Å². The van der Waals surface area contributed by atoms with Crippen LogP contribution in [0.1, 0.15) is 42.2 Å². The number of hydrogen-bond acceptors (Lipinski definition) is 2. The smallest absolute Gasteiger partial charge is 0.272 e. The van der Waals surface area contributed by atoms with Gasteiger partial charge < -0.3 is 4.90 Å². The fraction of sp³-hybridized carbons (Fsp3) is 0.444. The monoisotopic (exact) mass is 333 g/mol. The lowest BCUT2D eigenvalue weighted by atomic mass is 9.92. The largest absolute Gasteiger partial charge is 0.331 e. The second-order valence-electron chi connectivity index (χ2n) is 6.34. The molecule has 0 radical (unpaired) electrons. The molecule has 0 bridgehead atoms. The van der Waals surface area contributed by atoms with Crippen LogP contribution in [0.4, 0.5) is 8.78 Å². The van der Waals surface area contributed by atoms with Crippen LogP contribution in [0.15, 0.2) is 42.6 Å². The van der Waals surface area contributed by atoms with Crippen LogP contribution in [0.3, 0.4) is 0 Å². The number of aromatic nitrogens is 2. The van der Waals surface area contributed by atoms with E-state index < -0.39 is 13.0 Å². The molecule has 0 unspecified atom stereocenters. The minimum atomic E-state index is -2.54. The molecule has 1 aromatic heterocycles. The molecule has 3 rings (SSSR count). The van der Waals surface area contributed by atoms with Gasteiger partial charge in [-0.3, -0.25) is 9.48 Å². The summed E-state index contributed by atoms with van der Waals surface area (Å²) >= 11 is 0. The third kappa shape index (κ3) is 3.05. The van der Waals surface area contributed by atoms with E-state index in [1.54, 1.807) is 4.90 Å². The first-order valence-corrected chi connectivity index (χ1v) is 8.16. The summed E-state index contributed by atoms with van der Waals surface area (Å²) in [5.41, 5.74) is 1.43. The molecule has 6 heteroatoms. The molecule has 3 atom stereocenters. The van der Waals surface area contributed by atoms with Crippen LogP contribution in [0.2, 0.25) is 0 Å². The molecule has 4 nitrogen and oxygen atoms in total. The number of nitrogens with zero attached hydrogens (tertiary/aromatic N) is 3. The first kappa shape index (κ1) is 16.6. The van der Waals surface area contributed by atoms with E-state index in [0.29, 0.717) is 0 Å². The first-order valence-electron chi connectivity index (χ1n) is 8.16. The molecule has 0 saturated carbocycles. The van der Waals surface area contributed by atoms with Crippen molar-refractivity contribution in [3.05, 3.63) is 53.9 Å². The average Bonchev–Trinajstić information content (AvgIpc) is 3.11. The van der Waals surface area contributed by atoms with Gasteiger partial charge in [0.25, 0.3) is 12.3 Å². The summed E-state index contributed by atoms with van der Waals surface area (Å²) in [6.45, 7) is 3.46. The number of rotatable bonds is 4. The van der Waals surface area contributed by atoms with Crippen molar-refractivity contribution in [3.63, 3.8) is 0 Å². The van der Waals surface area contributed by atoms with Gasteiger partial charge >= 0.3 is 0 Å². The zero-order chi connectivity index (χ0) is 17.3. The summed E-state index contributed by atoms with van der Waals surface area (Å²) in [7, 11) is 0. The number of alkyl halides is 2. The number of benzene rings is 1. The fourth-order valence-electron chi connectivity index (χ4n) is 3.70. The molecule has 0 spiro atoms. The standard InChI is InChI=1S/C18H21F2N3O/c1-12-10-15(14-6-4-3-5-7-14)13(2)23(12)18(24)16-8-9-21-22(16)11-17(19)20/h3-9,12-13,15,17H,10-11H2,1-2H3/t12-,13-,15-/m1/s1. The Morgan fingerprint density at radius 3 is 2.62 bits per heavy atom. The van der Waals surface area contributed by atoms with Crippen LogP contribution in [0.25, 0.3) is 0 Å². The SMILES string of the molecule is C[C@@H]1C[C@@H](c2ccccc2)[C@@H](C)N1C(=O)c1ccnn1CC(F)F. The maximum atomic E-state index is 12.9. The van der Waals surface area contributed by atoms with E-state index in [4.69, 9.17) is 0 Å². The Morgan fingerprint density at radius 1 is 1.25 bits per heavy atom. The van der Waals surface area contributed by atoms with Gasteiger partial charge in [-0.05, 0) is 31.9 Å². The van der Waals surface area contributed by atoms with Crippen molar-refractivity contribution < 1.29 is 13.6 Å². The van der Waals surface area contributed by atoms with Crippen LogP contribution < -0.4 is 0 Å². The van der Waals surface area contributed by atoms with Crippen LogP contribution in [-0.4, -0.2) is 39.1 Å². The van der Waals surface area contributed by atoms with Gasteiger partial charge in [-0.2, -0.15) is 5.10 Å². The Bertz CT molecular complexity index is 701. The van der Waals surface area contributed by atoms with Gasteiger partial charge in [0.05, 0.1) is 0 Å². The molecule has 128 valence electrons. The molecule has 2 aromatic rings. The van der Waals surface area contributed by atoms with Gasteiger partial charge in [0.15, 0.2) is 0 Å². The highest BCUT2D eigenvalue weighted by Crippen LogP contribution is 2.38. The number of carbonyl (C=O) groups excluding carboxylic acids is 1. The molecule has 2 heterocycles. The van der Waals surface area contributed by atoms with Gasteiger partial charge in [-0.15, -0.1) is 0 Å². The summed E-state index contributed by atoms with van der Waals surface area (Å²) in [6.07, 6.45) is -0.280. The Morgan fingerprint density at radius 2 is 1.96 bits per heavy atom. The molecule has 1 aliphatic heterocycles. The molecule has 24 heavy (non-hydrogen) atoms. The molecule has 1 fully saturated rings. The number of likely N-dealkylation sites (tertiary alicyclic amines) is 1. The summed E-state index contributed by atoms with van der Waals surface area (Å²) in [5.74, 6) is 0.0169. The van der Waals surface area contributed by atoms with E-state index in [1.165, 1.54) is 17.8 Å².